The zero-order valence-corrected chi connectivity index (χ0v) is 11.1. The van der Waals surface area contributed by atoms with Gasteiger partial charge in [0.05, 0.1) is 5.69 Å². The van der Waals surface area contributed by atoms with Gasteiger partial charge in [-0.05, 0) is 19.4 Å². The number of carboxylic acids is 1. The third kappa shape index (κ3) is 3.13. The molecule has 0 atom stereocenters. The molecule has 1 heterocycles. The molecule has 0 unspecified atom stereocenters. The van der Waals surface area contributed by atoms with E-state index in [-0.39, 0.29) is 5.69 Å². The molecule has 0 aliphatic carbocycles. The summed E-state index contributed by atoms with van der Waals surface area (Å²) in [6.45, 7) is 5.18. The van der Waals surface area contributed by atoms with Crippen LogP contribution in [0.1, 0.15) is 28.5 Å². The van der Waals surface area contributed by atoms with E-state index >= 15 is 0 Å². The molecule has 5 nitrogen and oxygen atoms in total. The van der Waals surface area contributed by atoms with E-state index in [9.17, 15) is 4.79 Å². The van der Waals surface area contributed by atoms with Gasteiger partial charge in [0.15, 0.2) is 5.69 Å². The number of aromatic carboxylic acids is 1. The molecule has 0 aliphatic heterocycles. The molecule has 0 aliphatic rings. The second-order valence-electron chi connectivity index (χ2n) is 4.39. The normalized spacial score (nSPS) is 10.4. The van der Waals surface area contributed by atoms with Crippen LogP contribution in [-0.2, 0) is 13.1 Å². The average Bonchev–Trinajstić information content (AvgIpc) is 2.81. The quantitative estimate of drug-likeness (QED) is 0.865. The summed E-state index contributed by atoms with van der Waals surface area (Å²) in [6.07, 6.45) is 1.72. The third-order valence-electron chi connectivity index (χ3n) is 2.89. The minimum atomic E-state index is -1.02. The fraction of sp³-hybridized carbons (Fsp3) is 0.286. The first-order valence-electron chi connectivity index (χ1n) is 6.20. The molecule has 1 aromatic heterocycles. The minimum absolute atomic E-state index is 0.0639. The van der Waals surface area contributed by atoms with E-state index in [0.29, 0.717) is 18.8 Å². The maximum atomic E-state index is 11.1. The monoisotopic (exact) mass is 259 g/mol. The number of hydrogen-bond acceptors (Lipinski definition) is 3. The van der Waals surface area contributed by atoms with Gasteiger partial charge in [-0.25, -0.2) is 4.79 Å². The summed E-state index contributed by atoms with van der Waals surface area (Å²) in [7, 11) is 0. The van der Waals surface area contributed by atoms with Crippen LogP contribution < -0.4 is 5.32 Å². The third-order valence-corrected chi connectivity index (χ3v) is 2.89. The van der Waals surface area contributed by atoms with Crippen molar-refractivity contribution in [3.8, 4) is 0 Å². The summed E-state index contributed by atoms with van der Waals surface area (Å²) in [5.74, 6) is -1.02. The van der Waals surface area contributed by atoms with Gasteiger partial charge < -0.3 is 10.4 Å². The molecule has 100 valence electrons. The Labute approximate surface area is 111 Å². The number of benzene rings is 1. The lowest BCUT2D eigenvalue weighted by Crippen LogP contribution is -2.05. The SMILES string of the molecule is CCn1cc(NCc2ccc(C)cc2)c(C(=O)O)n1. The second-order valence-corrected chi connectivity index (χ2v) is 4.39. The second kappa shape index (κ2) is 5.56. The Morgan fingerprint density at radius 1 is 1.37 bits per heavy atom. The maximum Gasteiger partial charge on any atom is 0.358 e. The van der Waals surface area contributed by atoms with E-state index < -0.39 is 5.97 Å². The van der Waals surface area contributed by atoms with Crippen LogP contribution in [-0.4, -0.2) is 20.9 Å². The van der Waals surface area contributed by atoms with Gasteiger partial charge in [0.25, 0.3) is 0 Å². The lowest BCUT2D eigenvalue weighted by Gasteiger charge is -2.05. The Bertz CT molecular complexity index is 573. The van der Waals surface area contributed by atoms with Crippen molar-refractivity contribution in [3.05, 3.63) is 47.3 Å². The predicted molar refractivity (Wildman–Crippen MR) is 73.4 cm³/mol. The van der Waals surface area contributed by atoms with E-state index in [2.05, 4.69) is 10.4 Å². The molecule has 0 spiro atoms. The van der Waals surface area contributed by atoms with Crippen LogP contribution in [0, 0.1) is 6.92 Å². The number of hydrogen-bond donors (Lipinski definition) is 2. The van der Waals surface area contributed by atoms with Gasteiger partial charge in [-0.15, -0.1) is 0 Å². The van der Waals surface area contributed by atoms with Crippen LogP contribution >= 0.6 is 0 Å². The summed E-state index contributed by atoms with van der Waals surface area (Å²) in [5, 5.41) is 16.2. The van der Waals surface area contributed by atoms with Crippen molar-refractivity contribution >= 4 is 11.7 Å². The summed E-state index contributed by atoms with van der Waals surface area (Å²) < 4.78 is 1.61. The average molecular weight is 259 g/mol. The lowest BCUT2D eigenvalue weighted by molar-refractivity contribution is 0.0690. The Hall–Kier alpha value is -2.30. The number of anilines is 1. The fourth-order valence-electron chi connectivity index (χ4n) is 1.77. The Morgan fingerprint density at radius 2 is 2.05 bits per heavy atom. The molecule has 1 aromatic carbocycles. The van der Waals surface area contributed by atoms with Crippen molar-refractivity contribution in [2.24, 2.45) is 0 Å². The van der Waals surface area contributed by atoms with Crippen LogP contribution in [0.25, 0.3) is 0 Å². The summed E-state index contributed by atoms with van der Waals surface area (Å²) >= 11 is 0. The van der Waals surface area contributed by atoms with Gasteiger partial charge in [-0.3, -0.25) is 4.68 Å². The Morgan fingerprint density at radius 3 is 2.63 bits per heavy atom. The topological polar surface area (TPSA) is 67.2 Å². The van der Waals surface area contributed by atoms with Crippen LogP contribution in [0.3, 0.4) is 0 Å². The molecule has 0 amide bonds. The van der Waals surface area contributed by atoms with Crippen LogP contribution in [0.15, 0.2) is 30.5 Å². The van der Waals surface area contributed by atoms with Gasteiger partial charge in [0.2, 0.25) is 0 Å². The standard InChI is InChI=1S/C14H17N3O2/c1-3-17-9-12(13(16-17)14(18)19)15-8-11-6-4-10(2)5-7-11/h4-7,9,15H,3,8H2,1-2H3,(H,18,19). The summed E-state index contributed by atoms with van der Waals surface area (Å²) in [5.41, 5.74) is 2.92. The van der Waals surface area contributed by atoms with Crippen molar-refractivity contribution in [2.75, 3.05) is 5.32 Å². The first kappa shape index (κ1) is 13.1. The molecule has 0 bridgehead atoms. The van der Waals surface area contributed by atoms with E-state index in [1.807, 2.05) is 38.1 Å². The number of carbonyl (C=O) groups is 1. The van der Waals surface area contributed by atoms with E-state index in [4.69, 9.17) is 5.11 Å². The Balaban J connectivity index is 2.12. The van der Waals surface area contributed by atoms with Crippen LogP contribution in [0.4, 0.5) is 5.69 Å². The van der Waals surface area contributed by atoms with Gasteiger partial charge in [-0.2, -0.15) is 5.10 Å². The molecule has 0 saturated heterocycles. The van der Waals surface area contributed by atoms with Crippen molar-refractivity contribution in [1.29, 1.82) is 0 Å². The van der Waals surface area contributed by atoms with Crippen LogP contribution in [0.2, 0.25) is 0 Å². The van der Waals surface area contributed by atoms with Crippen molar-refractivity contribution in [3.63, 3.8) is 0 Å². The summed E-state index contributed by atoms with van der Waals surface area (Å²) in [6, 6.07) is 8.11. The van der Waals surface area contributed by atoms with Crippen LogP contribution in [0.5, 0.6) is 0 Å². The number of carboxylic acid groups (broad SMARTS) is 1. The zero-order chi connectivity index (χ0) is 13.8. The molecule has 0 radical (unpaired) electrons. The Kier molecular flexibility index (Phi) is 3.85. The van der Waals surface area contributed by atoms with Gasteiger partial charge in [0.1, 0.15) is 0 Å². The number of aromatic nitrogens is 2. The first-order valence-corrected chi connectivity index (χ1v) is 6.20. The molecule has 2 rings (SSSR count). The highest BCUT2D eigenvalue weighted by Gasteiger charge is 2.14. The molecule has 5 heteroatoms. The van der Waals surface area contributed by atoms with E-state index in [1.54, 1.807) is 10.9 Å². The smallest absolute Gasteiger partial charge is 0.358 e. The van der Waals surface area contributed by atoms with E-state index in [1.165, 1.54) is 5.56 Å². The minimum Gasteiger partial charge on any atom is -0.476 e. The number of nitrogens with zero attached hydrogens (tertiary/aromatic N) is 2. The van der Waals surface area contributed by atoms with Gasteiger partial charge in [0, 0.05) is 19.3 Å². The molecule has 0 saturated carbocycles. The highest BCUT2D eigenvalue weighted by atomic mass is 16.4. The first-order chi connectivity index (χ1) is 9.10. The highest BCUT2D eigenvalue weighted by Crippen LogP contribution is 2.15. The van der Waals surface area contributed by atoms with Gasteiger partial charge >= 0.3 is 5.97 Å². The zero-order valence-electron chi connectivity index (χ0n) is 11.1. The highest BCUT2D eigenvalue weighted by molar-refractivity contribution is 5.91. The number of aryl methyl sites for hydroxylation is 2. The molecular formula is C14H17N3O2. The molecular weight excluding hydrogens is 242 g/mol. The predicted octanol–water partition coefficient (Wildman–Crippen LogP) is 2.52. The number of nitrogens with one attached hydrogen (secondary N) is 1. The van der Waals surface area contributed by atoms with E-state index in [0.717, 1.165) is 5.56 Å². The van der Waals surface area contributed by atoms with Gasteiger partial charge in [-0.1, -0.05) is 29.8 Å². The number of rotatable bonds is 5. The van der Waals surface area contributed by atoms with Crippen molar-refractivity contribution in [2.45, 2.75) is 26.9 Å². The summed E-state index contributed by atoms with van der Waals surface area (Å²) in [4.78, 5) is 11.1. The molecule has 19 heavy (non-hydrogen) atoms. The van der Waals surface area contributed by atoms with Crippen molar-refractivity contribution < 1.29 is 9.90 Å². The molecule has 2 aromatic rings. The maximum absolute atomic E-state index is 11.1. The molecule has 2 N–H and O–H groups in total. The van der Waals surface area contributed by atoms with Crippen molar-refractivity contribution in [1.82, 2.24) is 9.78 Å². The molecule has 0 fully saturated rings. The fourth-order valence-corrected chi connectivity index (χ4v) is 1.77. The lowest BCUT2D eigenvalue weighted by atomic mass is 10.1. The largest absolute Gasteiger partial charge is 0.476 e.